The fourth-order valence-electron chi connectivity index (χ4n) is 3.26. The van der Waals surface area contributed by atoms with Gasteiger partial charge in [-0.25, -0.2) is 0 Å². The van der Waals surface area contributed by atoms with Crippen LogP contribution in [0.2, 0.25) is 0 Å². The average Bonchev–Trinajstić information content (AvgIpc) is 2.73. The standard InChI is InChI=1S/C20H21N3O4/c24-13-18(25)15-10-16(12-21-11-15)22-19(26)20(27)23-9-5-4-8-17(23)14-6-2-1-3-7-14/h1-3,6-7,10-12,17,24H,4-5,8-9,13H2,(H,22,26). The number of aliphatic hydroxyl groups excluding tert-OH is 1. The molecule has 2 N–H and O–H groups in total. The fraction of sp³-hybridized carbons (Fsp3) is 0.300. The van der Waals surface area contributed by atoms with Crippen LogP contribution in [0.15, 0.2) is 48.8 Å². The number of Topliss-reactive ketones (excluding diaryl/α,β-unsaturated/α-hetero) is 1. The molecule has 2 amide bonds. The number of carbonyl (C=O) groups excluding carboxylic acids is 3. The number of amides is 2. The third-order valence-corrected chi connectivity index (χ3v) is 4.60. The van der Waals surface area contributed by atoms with Crippen LogP contribution in [0.1, 0.15) is 41.2 Å². The predicted molar refractivity (Wildman–Crippen MR) is 99.0 cm³/mol. The first-order valence-electron chi connectivity index (χ1n) is 8.86. The van der Waals surface area contributed by atoms with Crippen LogP contribution in [-0.4, -0.2) is 45.7 Å². The lowest BCUT2D eigenvalue weighted by Gasteiger charge is -2.35. The van der Waals surface area contributed by atoms with Gasteiger partial charge in [0.25, 0.3) is 0 Å². The molecule has 1 unspecified atom stereocenters. The summed E-state index contributed by atoms with van der Waals surface area (Å²) in [6.07, 6.45) is 5.31. The van der Waals surface area contributed by atoms with Gasteiger partial charge in [-0.05, 0) is 30.9 Å². The Labute approximate surface area is 157 Å². The Bertz CT molecular complexity index is 838. The van der Waals surface area contributed by atoms with E-state index >= 15 is 0 Å². The molecule has 7 nitrogen and oxygen atoms in total. The highest BCUT2D eigenvalue weighted by molar-refractivity contribution is 6.39. The van der Waals surface area contributed by atoms with Crippen molar-refractivity contribution in [3.63, 3.8) is 0 Å². The Morgan fingerprint density at radius 3 is 2.67 bits per heavy atom. The van der Waals surface area contributed by atoms with Crippen LogP contribution in [0.25, 0.3) is 0 Å². The minimum Gasteiger partial charge on any atom is -0.388 e. The molecule has 1 aliphatic heterocycles. The summed E-state index contributed by atoms with van der Waals surface area (Å²) >= 11 is 0. The number of ketones is 1. The molecule has 1 aliphatic rings. The summed E-state index contributed by atoms with van der Waals surface area (Å²) < 4.78 is 0. The number of anilines is 1. The molecule has 0 spiro atoms. The van der Waals surface area contributed by atoms with Crippen molar-refractivity contribution < 1.29 is 19.5 Å². The van der Waals surface area contributed by atoms with Gasteiger partial charge in [0, 0.05) is 18.3 Å². The average molecular weight is 367 g/mol. The zero-order valence-corrected chi connectivity index (χ0v) is 14.8. The molecule has 1 aromatic heterocycles. The van der Waals surface area contributed by atoms with E-state index in [1.807, 2.05) is 30.3 Å². The smallest absolute Gasteiger partial charge is 0.313 e. The maximum Gasteiger partial charge on any atom is 0.313 e. The Morgan fingerprint density at radius 1 is 1.15 bits per heavy atom. The van der Waals surface area contributed by atoms with E-state index in [1.165, 1.54) is 18.5 Å². The van der Waals surface area contributed by atoms with Gasteiger partial charge >= 0.3 is 11.8 Å². The molecule has 7 heteroatoms. The SMILES string of the molecule is O=C(Nc1cncc(C(=O)CO)c1)C(=O)N1CCCCC1c1ccccc1. The number of hydrogen-bond acceptors (Lipinski definition) is 5. The van der Waals surface area contributed by atoms with Gasteiger partial charge in [0.05, 0.1) is 17.9 Å². The zero-order valence-electron chi connectivity index (χ0n) is 14.8. The number of piperidine rings is 1. The van der Waals surface area contributed by atoms with Gasteiger partial charge in [0.1, 0.15) is 6.61 Å². The van der Waals surface area contributed by atoms with E-state index in [2.05, 4.69) is 10.3 Å². The van der Waals surface area contributed by atoms with Crippen molar-refractivity contribution in [1.29, 1.82) is 0 Å². The summed E-state index contributed by atoms with van der Waals surface area (Å²) in [5.74, 6) is -1.89. The van der Waals surface area contributed by atoms with Crippen molar-refractivity contribution >= 4 is 23.3 Å². The topological polar surface area (TPSA) is 99.6 Å². The Hall–Kier alpha value is -3.06. The van der Waals surface area contributed by atoms with Gasteiger partial charge in [-0.3, -0.25) is 19.4 Å². The van der Waals surface area contributed by atoms with Gasteiger partial charge in [0.2, 0.25) is 0 Å². The maximum atomic E-state index is 12.7. The molecular weight excluding hydrogens is 346 g/mol. The quantitative estimate of drug-likeness (QED) is 0.636. The number of likely N-dealkylation sites (tertiary alicyclic amines) is 1. The monoisotopic (exact) mass is 367 g/mol. The van der Waals surface area contributed by atoms with Crippen molar-refractivity contribution in [2.45, 2.75) is 25.3 Å². The summed E-state index contributed by atoms with van der Waals surface area (Å²) in [5.41, 5.74) is 1.42. The van der Waals surface area contributed by atoms with E-state index in [1.54, 1.807) is 4.90 Å². The van der Waals surface area contributed by atoms with Crippen LogP contribution < -0.4 is 5.32 Å². The normalized spacial score (nSPS) is 16.6. The molecule has 1 atom stereocenters. The zero-order chi connectivity index (χ0) is 19.2. The van der Waals surface area contributed by atoms with Gasteiger partial charge in [-0.1, -0.05) is 30.3 Å². The predicted octanol–water partition coefficient (Wildman–Crippen LogP) is 1.95. The van der Waals surface area contributed by atoms with Gasteiger partial charge in [-0.2, -0.15) is 0 Å². The minimum atomic E-state index is -0.770. The second kappa shape index (κ2) is 8.55. The van der Waals surface area contributed by atoms with Crippen molar-refractivity contribution in [3.05, 3.63) is 59.9 Å². The lowest BCUT2D eigenvalue weighted by atomic mass is 9.95. The van der Waals surface area contributed by atoms with Gasteiger partial charge in [0.15, 0.2) is 5.78 Å². The summed E-state index contributed by atoms with van der Waals surface area (Å²) in [7, 11) is 0. The first kappa shape index (κ1) is 18.7. The lowest BCUT2D eigenvalue weighted by molar-refractivity contribution is -0.145. The molecule has 3 rings (SSSR count). The minimum absolute atomic E-state index is 0.126. The van der Waals surface area contributed by atoms with Crippen molar-refractivity contribution in [1.82, 2.24) is 9.88 Å². The Balaban J connectivity index is 1.74. The first-order chi connectivity index (χ1) is 13.1. The van der Waals surface area contributed by atoms with Crippen molar-refractivity contribution in [2.75, 3.05) is 18.5 Å². The van der Waals surface area contributed by atoms with E-state index in [4.69, 9.17) is 5.11 Å². The number of nitrogens with one attached hydrogen (secondary N) is 1. The number of aliphatic hydroxyl groups is 1. The second-order valence-corrected chi connectivity index (χ2v) is 6.42. The third-order valence-electron chi connectivity index (χ3n) is 4.60. The summed E-state index contributed by atoms with van der Waals surface area (Å²) in [6.45, 7) is -0.127. The highest BCUT2D eigenvalue weighted by Gasteiger charge is 2.31. The van der Waals surface area contributed by atoms with Gasteiger partial charge in [-0.15, -0.1) is 0 Å². The van der Waals surface area contributed by atoms with Crippen LogP contribution in [0.4, 0.5) is 5.69 Å². The van der Waals surface area contributed by atoms with Crippen LogP contribution >= 0.6 is 0 Å². The number of rotatable bonds is 4. The number of aromatic nitrogens is 1. The number of carbonyl (C=O) groups is 3. The van der Waals surface area contributed by atoms with Crippen LogP contribution in [0.3, 0.4) is 0 Å². The van der Waals surface area contributed by atoms with Crippen LogP contribution in [-0.2, 0) is 9.59 Å². The van der Waals surface area contributed by atoms with E-state index in [-0.39, 0.29) is 17.3 Å². The Kier molecular flexibility index (Phi) is 5.93. The number of benzene rings is 1. The third kappa shape index (κ3) is 4.38. The summed E-state index contributed by atoms with van der Waals surface area (Å²) in [5, 5.41) is 11.4. The molecule has 0 saturated carbocycles. The number of pyridine rings is 1. The lowest BCUT2D eigenvalue weighted by Crippen LogP contribution is -2.44. The summed E-state index contributed by atoms with van der Waals surface area (Å²) in [6, 6.07) is 10.9. The molecular formula is C20H21N3O4. The van der Waals surface area contributed by atoms with E-state index in [9.17, 15) is 14.4 Å². The molecule has 2 aromatic rings. The molecule has 0 bridgehead atoms. The molecule has 1 saturated heterocycles. The summed E-state index contributed by atoms with van der Waals surface area (Å²) in [4.78, 5) is 42.2. The van der Waals surface area contributed by atoms with E-state index in [0.29, 0.717) is 6.54 Å². The van der Waals surface area contributed by atoms with Crippen LogP contribution in [0.5, 0.6) is 0 Å². The second-order valence-electron chi connectivity index (χ2n) is 6.42. The molecule has 0 aliphatic carbocycles. The number of hydrogen-bond donors (Lipinski definition) is 2. The molecule has 140 valence electrons. The molecule has 1 aromatic carbocycles. The molecule has 0 radical (unpaired) electrons. The first-order valence-corrected chi connectivity index (χ1v) is 8.86. The Morgan fingerprint density at radius 2 is 1.93 bits per heavy atom. The van der Waals surface area contributed by atoms with E-state index in [0.717, 1.165) is 24.8 Å². The number of nitrogens with zero attached hydrogens (tertiary/aromatic N) is 2. The van der Waals surface area contributed by atoms with E-state index < -0.39 is 24.2 Å². The molecule has 1 fully saturated rings. The maximum absolute atomic E-state index is 12.7. The largest absolute Gasteiger partial charge is 0.388 e. The van der Waals surface area contributed by atoms with Crippen molar-refractivity contribution in [2.24, 2.45) is 0 Å². The van der Waals surface area contributed by atoms with Crippen molar-refractivity contribution in [3.8, 4) is 0 Å². The van der Waals surface area contributed by atoms with Crippen LogP contribution in [0, 0.1) is 0 Å². The van der Waals surface area contributed by atoms with Gasteiger partial charge < -0.3 is 15.3 Å². The highest BCUT2D eigenvalue weighted by atomic mass is 16.3. The molecule has 2 heterocycles. The highest BCUT2D eigenvalue weighted by Crippen LogP contribution is 2.30. The fourth-order valence-corrected chi connectivity index (χ4v) is 3.26. The molecule has 27 heavy (non-hydrogen) atoms.